The molecule has 0 aromatic carbocycles. The van der Waals surface area contributed by atoms with Crippen LogP contribution in [0.4, 0.5) is 18.9 Å². The van der Waals surface area contributed by atoms with Gasteiger partial charge in [-0.3, -0.25) is 9.78 Å². The predicted octanol–water partition coefficient (Wildman–Crippen LogP) is 3.96. The van der Waals surface area contributed by atoms with Gasteiger partial charge >= 0.3 is 6.18 Å². The number of amides is 1. The second-order valence-electron chi connectivity index (χ2n) is 5.02. The van der Waals surface area contributed by atoms with Gasteiger partial charge in [0.15, 0.2) is 5.15 Å². The molecule has 0 aliphatic carbocycles. The van der Waals surface area contributed by atoms with Crippen LogP contribution in [0.15, 0.2) is 30.7 Å². The summed E-state index contributed by atoms with van der Waals surface area (Å²) in [6.07, 6.45) is -0.319. The maximum Gasteiger partial charge on any atom is 0.389 e. The number of hydrogen-bond donors (Lipinski definition) is 0. The molecule has 0 unspecified atom stereocenters. The van der Waals surface area contributed by atoms with E-state index in [0.29, 0.717) is 17.9 Å². The first-order valence-electron chi connectivity index (χ1n) is 7.42. The Hall–Kier alpha value is -1.74. The topological polar surface area (TPSA) is 51.0 Å². The Kier molecular flexibility index (Phi) is 6.71. The van der Waals surface area contributed by atoms with Gasteiger partial charge in [-0.1, -0.05) is 11.6 Å². The number of thioether (sulfide) groups is 1. The van der Waals surface area contributed by atoms with E-state index in [9.17, 15) is 18.0 Å². The summed E-state index contributed by atoms with van der Waals surface area (Å²) < 4.78 is 37.9. The van der Waals surface area contributed by atoms with Crippen molar-refractivity contribution in [2.75, 3.05) is 23.0 Å². The van der Waals surface area contributed by atoms with E-state index in [2.05, 4.69) is 10.1 Å². The van der Waals surface area contributed by atoms with Gasteiger partial charge in [0.1, 0.15) is 5.69 Å². The highest BCUT2D eigenvalue weighted by Gasteiger charge is 2.27. The van der Waals surface area contributed by atoms with Crippen LogP contribution in [0.1, 0.15) is 13.3 Å². The molecule has 0 aliphatic rings. The van der Waals surface area contributed by atoms with Crippen LogP contribution in [-0.4, -0.2) is 44.9 Å². The molecule has 0 atom stereocenters. The van der Waals surface area contributed by atoms with Crippen LogP contribution in [0.2, 0.25) is 5.15 Å². The predicted molar refractivity (Wildman–Crippen MR) is 92.4 cm³/mol. The van der Waals surface area contributed by atoms with Gasteiger partial charge in [0.05, 0.1) is 30.3 Å². The number of alkyl halides is 3. The van der Waals surface area contributed by atoms with E-state index in [4.69, 9.17) is 11.6 Å². The highest BCUT2D eigenvalue weighted by atomic mass is 35.5. The molecule has 0 fully saturated rings. The Morgan fingerprint density at radius 3 is 2.80 bits per heavy atom. The highest BCUT2D eigenvalue weighted by Crippen LogP contribution is 2.27. The molecule has 10 heteroatoms. The summed E-state index contributed by atoms with van der Waals surface area (Å²) >= 11 is 7.08. The molecule has 25 heavy (non-hydrogen) atoms. The molecule has 0 N–H and O–H groups in total. The fourth-order valence-corrected chi connectivity index (χ4v) is 3.14. The average Bonchev–Trinajstić information content (AvgIpc) is 2.94. The van der Waals surface area contributed by atoms with Gasteiger partial charge < -0.3 is 4.90 Å². The number of rotatable bonds is 7. The van der Waals surface area contributed by atoms with Crippen molar-refractivity contribution in [1.82, 2.24) is 14.8 Å². The smallest absolute Gasteiger partial charge is 0.308 e. The van der Waals surface area contributed by atoms with Crippen LogP contribution >= 0.6 is 23.4 Å². The molecule has 0 saturated heterocycles. The third kappa shape index (κ3) is 5.64. The summed E-state index contributed by atoms with van der Waals surface area (Å²) in [5, 5.41) is 4.29. The SMILES string of the molecule is CCN(C(=O)CSCCC(F)(F)F)c1cn(-c2cccnc2)nc1Cl. The van der Waals surface area contributed by atoms with E-state index in [1.54, 1.807) is 37.6 Å². The third-order valence-electron chi connectivity index (χ3n) is 3.23. The minimum absolute atomic E-state index is 0.0572. The molecule has 0 saturated carbocycles. The number of carbonyl (C=O) groups is 1. The van der Waals surface area contributed by atoms with Crippen LogP contribution in [0.25, 0.3) is 5.69 Å². The zero-order chi connectivity index (χ0) is 18.4. The number of nitrogens with zero attached hydrogens (tertiary/aromatic N) is 4. The lowest BCUT2D eigenvalue weighted by Gasteiger charge is -2.19. The minimum atomic E-state index is -4.21. The van der Waals surface area contributed by atoms with E-state index in [1.807, 2.05) is 0 Å². The van der Waals surface area contributed by atoms with Crippen molar-refractivity contribution in [1.29, 1.82) is 0 Å². The molecular formula is C15H16ClF3N4OS. The summed E-state index contributed by atoms with van der Waals surface area (Å²) in [6.45, 7) is 2.09. The van der Waals surface area contributed by atoms with Crippen molar-refractivity contribution < 1.29 is 18.0 Å². The van der Waals surface area contributed by atoms with Gasteiger partial charge in [-0.2, -0.15) is 30.0 Å². The van der Waals surface area contributed by atoms with Crippen LogP contribution < -0.4 is 4.90 Å². The van der Waals surface area contributed by atoms with E-state index < -0.39 is 12.6 Å². The van der Waals surface area contributed by atoms with Crippen molar-refractivity contribution in [2.45, 2.75) is 19.5 Å². The Morgan fingerprint density at radius 2 is 2.20 bits per heavy atom. The van der Waals surface area contributed by atoms with Gasteiger partial charge in [-0.15, -0.1) is 0 Å². The average molecular weight is 393 g/mol. The summed E-state index contributed by atoms with van der Waals surface area (Å²) in [6, 6.07) is 3.52. The number of carbonyl (C=O) groups excluding carboxylic acids is 1. The first kappa shape index (κ1) is 19.6. The van der Waals surface area contributed by atoms with Crippen molar-refractivity contribution in [3.8, 4) is 5.69 Å². The zero-order valence-corrected chi connectivity index (χ0v) is 14.9. The summed E-state index contributed by atoms with van der Waals surface area (Å²) in [4.78, 5) is 17.7. The van der Waals surface area contributed by atoms with E-state index in [1.165, 1.54) is 9.58 Å². The quantitative estimate of drug-likeness (QED) is 0.669. The van der Waals surface area contributed by atoms with Gasteiger partial charge in [-0.05, 0) is 19.1 Å². The molecule has 2 aromatic heterocycles. The molecule has 2 rings (SSSR count). The van der Waals surface area contributed by atoms with Crippen LogP contribution in [0.3, 0.4) is 0 Å². The molecule has 0 spiro atoms. The lowest BCUT2D eigenvalue weighted by Crippen LogP contribution is -2.32. The number of hydrogen-bond acceptors (Lipinski definition) is 4. The molecule has 2 heterocycles. The van der Waals surface area contributed by atoms with Crippen molar-refractivity contribution in [3.63, 3.8) is 0 Å². The maximum absolute atomic E-state index is 12.3. The second kappa shape index (κ2) is 8.57. The molecule has 5 nitrogen and oxygen atoms in total. The molecule has 0 radical (unpaired) electrons. The molecular weight excluding hydrogens is 377 g/mol. The lowest BCUT2D eigenvalue weighted by atomic mass is 10.4. The monoisotopic (exact) mass is 392 g/mol. The Morgan fingerprint density at radius 1 is 1.44 bits per heavy atom. The third-order valence-corrected chi connectivity index (χ3v) is 4.44. The van der Waals surface area contributed by atoms with Crippen molar-refractivity contribution in [2.24, 2.45) is 0 Å². The van der Waals surface area contributed by atoms with Crippen LogP contribution in [0.5, 0.6) is 0 Å². The number of anilines is 1. The molecule has 136 valence electrons. The summed E-state index contributed by atoms with van der Waals surface area (Å²) in [7, 11) is 0. The standard InChI is InChI=1S/C15H16ClF3N4OS/c1-2-22(13(24)10-25-7-5-15(17,18)19)12-9-23(21-14(12)16)11-4-3-6-20-8-11/h3-4,6,8-9H,2,5,7,10H2,1H3. The number of aromatic nitrogens is 3. The largest absolute Gasteiger partial charge is 0.389 e. The van der Waals surface area contributed by atoms with Gasteiger partial charge in [0.25, 0.3) is 0 Å². The Bertz CT molecular complexity index is 709. The molecule has 0 aliphatic heterocycles. The summed E-state index contributed by atoms with van der Waals surface area (Å²) in [5.74, 6) is -0.532. The van der Waals surface area contributed by atoms with Crippen LogP contribution in [0, 0.1) is 0 Å². The summed E-state index contributed by atoms with van der Waals surface area (Å²) in [5.41, 5.74) is 1.09. The highest BCUT2D eigenvalue weighted by molar-refractivity contribution is 7.99. The van der Waals surface area contributed by atoms with E-state index in [0.717, 1.165) is 11.8 Å². The minimum Gasteiger partial charge on any atom is -0.308 e. The van der Waals surface area contributed by atoms with Gasteiger partial charge in [0, 0.05) is 18.5 Å². The fraction of sp³-hybridized carbons (Fsp3) is 0.400. The fourth-order valence-electron chi connectivity index (χ4n) is 2.05. The first-order valence-corrected chi connectivity index (χ1v) is 8.95. The molecule has 2 aromatic rings. The number of pyridine rings is 1. The Labute approximate surface area is 152 Å². The van der Waals surface area contributed by atoms with Crippen molar-refractivity contribution in [3.05, 3.63) is 35.9 Å². The normalized spacial score (nSPS) is 11.6. The van der Waals surface area contributed by atoms with E-state index in [-0.39, 0.29) is 22.6 Å². The van der Waals surface area contributed by atoms with Gasteiger partial charge in [-0.25, -0.2) is 4.68 Å². The Balaban J connectivity index is 2.05. The molecule has 0 bridgehead atoms. The van der Waals surface area contributed by atoms with Crippen LogP contribution in [-0.2, 0) is 4.79 Å². The maximum atomic E-state index is 12.3. The van der Waals surface area contributed by atoms with Gasteiger partial charge in [0.2, 0.25) is 5.91 Å². The number of halogens is 4. The molecule has 1 amide bonds. The lowest BCUT2D eigenvalue weighted by molar-refractivity contribution is -0.129. The zero-order valence-electron chi connectivity index (χ0n) is 13.3. The first-order chi connectivity index (χ1) is 11.8. The second-order valence-corrected chi connectivity index (χ2v) is 6.48. The van der Waals surface area contributed by atoms with Crippen molar-refractivity contribution >= 4 is 35.0 Å². The van der Waals surface area contributed by atoms with E-state index >= 15 is 0 Å².